The van der Waals surface area contributed by atoms with Gasteiger partial charge in [0.15, 0.2) is 0 Å². The van der Waals surface area contributed by atoms with Crippen molar-refractivity contribution in [3.8, 4) is 11.5 Å². The Morgan fingerprint density at radius 2 is 1.21 bits per heavy atom. The molecule has 2 rings (SSSR count). The molecular formula is C22H36O2. The van der Waals surface area contributed by atoms with Crippen LogP contribution in [0.1, 0.15) is 78.1 Å². The van der Waals surface area contributed by atoms with E-state index in [2.05, 4.69) is 13.8 Å². The van der Waals surface area contributed by atoms with Crippen LogP contribution in [0, 0.1) is 11.8 Å². The van der Waals surface area contributed by atoms with E-state index >= 15 is 0 Å². The summed E-state index contributed by atoms with van der Waals surface area (Å²) in [6.07, 6.45) is 13.4. The fourth-order valence-corrected chi connectivity index (χ4v) is 3.75. The van der Waals surface area contributed by atoms with E-state index < -0.39 is 0 Å². The molecule has 1 aliphatic carbocycles. The maximum Gasteiger partial charge on any atom is 0.119 e. The maximum absolute atomic E-state index is 5.88. The summed E-state index contributed by atoms with van der Waals surface area (Å²) in [6.45, 7) is 6.13. The Hall–Kier alpha value is -1.18. The standard InChI is InChI=1S/C22H36O2/c1-3-5-17-23-21-13-15-22(16-14-21)24-18-6-8-20-11-9-19(7-4-2)10-12-20/h13-16,19-20H,3-12,17-18H2,1-2H3/t19-,20-. The largest absolute Gasteiger partial charge is 0.494 e. The quantitative estimate of drug-likeness (QED) is 0.423. The lowest BCUT2D eigenvalue weighted by molar-refractivity contribution is 0.230. The molecule has 1 aliphatic rings. The number of hydrogen-bond donors (Lipinski definition) is 0. The SMILES string of the molecule is CCCCOc1ccc(OCCC[C@H]2CC[C@H](CCC)CC2)cc1. The summed E-state index contributed by atoms with van der Waals surface area (Å²) >= 11 is 0. The Morgan fingerprint density at radius 1 is 0.708 bits per heavy atom. The molecule has 0 aliphatic heterocycles. The summed E-state index contributed by atoms with van der Waals surface area (Å²) < 4.78 is 11.6. The molecule has 0 N–H and O–H groups in total. The second kappa shape index (κ2) is 11.4. The fourth-order valence-electron chi connectivity index (χ4n) is 3.75. The summed E-state index contributed by atoms with van der Waals surface area (Å²) in [4.78, 5) is 0. The molecule has 24 heavy (non-hydrogen) atoms. The van der Waals surface area contributed by atoms with Crippen LogP contribution in [-0.2, 0) is 0 Å². The van der Waals surface area contributed by atoms with Crippen molar-refractivity contribution in [1.29, 1.82) is 0 Å². The minimum absolute atomic E-state index is 0.803. The molecular weight excluding hydrogens is 296 g/mol. The Balaban J connectivity index is 1.56. The zero-order valence-electron chi connectivity index (χ0n) is 15.8. The van der Waals surface area contributed by atoms with Gasteiger partial charge in [-0.25, -0.2) is 0 Å². The van der Waals surface area contributed by atoms with Crippen molar-refractivity contribution >= 4 is 0 Å². The fraction of sp³-hybridized carbons (Fsp3) is 0.727. The Labute approximate surface area is 148 Å². The first-order valence-electron chi connectivity index (χ1n) is 10.2. The molecule has 0 spiro atoms. The summed E-state index contributed by atoms with van der Waals surface area (Å²) in [5.74, 6) is 3.86. The van der Waals surface area contributed by atoms with Crippen LogP contribution in [0.3, 0.4) is 0 Å². The van der Waals surface area contributed by atoms with Gasteiger partial charge >= 0.3 is 0 Å². The van der Waals surface area contributed by atoms with E-state index in [0.29, 0.717) is 0 Å². The molecule has 1 aromatic carbocycles. The van der Waals surface area contributed by atoms with E-state index in [1.165, 1.54) is 57.8 Å². The van der Waals surface area contributed by atoms with E-state index in [9.17, 15) is 0 Å². The van der Waals surface area contributed by atoms with Crippen molar-refractivity contribution in [2.75, 3.05) is 13.2 Å². The van der Waals surface area contributed by atoms with Gasteiger partial charge in [0.2, 0.25) is 0 Å². The third-order valence-electron chi connectivity index (χ3n) is 5.28. The normalized spacial score (nSPS) is 20.8. The van der Waals surface area contributed by atoms with Crippen LogP contribution in [-0.4, -0.2) is 13.2 Å². The topological polar surface area (TPSA) is 18.5 Å². The first-order chi connectivity index (χ1) is 11.8. The van der Waals surface area contributed by atoms with Crippen molar-refractivity contribution < 1.29 is 9.47 Å². The van der Waals surface area contributed by atoms with Gasteiger partial charge in [-0.3, -0.25) is 0 Å². The van der Waals surface area contributed by atoms with Crippen LogP contribution in [0.25, 0.3) is 0 Å². The molecule has 0 aromatic heterocycles. The number of benzene rings is 1. The third-order valence-corrected chi connectivity index (χ3v) is 5.28. The minimum Gasteiger partial charge on any atom is -0.494 e. The highest BCUT2D eigenvalue weighted by Gasteiger charge is 2.20. The molecule has 0 heterocycles. The first-order valence-corrected chi connectivity index (χ1v) is 10.2. The molecule has 2 nitrogen and oxygen atoms in total. The third kappa shape index (κ3) is 7.15. The van der Waals surface area contributed by atoms with E-state index in [1.54, 1.807) is 0 Å². The maximum atomic E-state index is 5.88. The van der Waals surface area contributed by atoms with E-state index in [4.69, 9.17) is 9.47 Å². The highest BCUT2D eigenvalue weighted by molar-refractivity contribution is 5.31. The molecule has 0 atom stereocenters. The molecule has 2 heteroatoms. The molecule has 1 aromatic rings. The molecule has 0 amide bonds. The van der Waals surface area contributed by atoms with Gasteiger partial charge in [0.25, 0.3) is 0 Å². The van der Waals surface area contributed by atoms with Crippen LogP contribution in [0.2, 0.25) is 0 Å². The monoisotopic (exact) mass is 332 g/mol. The van der Waals surface area contributed by atoms with Gasteiger partial charge in [-0.2, -0.15) is 0 Å². The van der Waals surface area contributed by atoms with Crippen LogP contribution in [0.5, 0.6) is 11.5 Å². The van der Waals surface area contributed by atoms with Crippen molar-refractivity contribution in [3.05, 3.63) is 24.3 Å². The average Bonchev–Trinajstić information content (AvgIpc) is 2.62. The van der Waals surface area contributed by atoms with Crippen LogP contribution >= 0.6 is 0 Å². The van der Waals surface area contributed by atoms with Gasteiger partial charge in [0.1, 0.15) is 11.5 Å². The molecule has 136 valence electrons. The molecule has 1 fully saturated rings. The highest BCUT2D eigenvalue weighted by atomic mass is 16.5. The van der Waals surface area contributed by atoms with Crippen LogP contribution in [0.4, 0.5) is 0 Å². The van der Waals surface area contributed by atoms with E-state index in [0.717, 1.165) is 43.0 Å². The molecule has 0 unspecified atom stereocenters. The summed E-state index contributed by atoms with van der Waals surface area (Å²) in [5, 5.41) is 0. The number of rotatable bonds is 11. The van der Waals surface area contributed by atoms with Gasteiger partial charge in [0, 0.05) is 0 Å². The molecule has 0 bridgehead atoms. The van der Waals surface area contributed by atoms with Crippen LogP contribution < -0.4 is 9.47 Å². The van der Waals surface area contributed by atoms with Gasteiger partial charge in [-0.15, -0.1) is 0 Å². The minimum atomic E-state index is 0.803. The zero-order chi connectivity index (χ0) is 17.0. The van der Waals surface area contributed by atoms with E-state index in [-0.39, 0.29) is 0 Å². The van der Waals surface area contributed by atoms with Crippen molar-refractivity contribution in [2.24, 2.45) is 11.8 Å². The number of hydrogen-bond acceptors (Lipinski definition) is 2. The molecule has 1 saturated carbocycles. The van der Waals surface area contributed by atoms with Crippen LogP contribution in [0.15, 0.2) is 24.3 Å². The Kier molecular flexibility index (Phi) is 9.09. The number of ether oxygens (including phenoxy) is 2. The van der Waals surface area contributed by atoms with Gasteiger partial charge < -0.3 is 9.47 Å². The smallest absolute Gasteiger partial charge is 0.119 e. The van der Waals surface area contributed by atoms with Crippen molar-refractivity contribution in [2.45, 2.75) is 78.1 Å². The second-order valence-electron chi connectivity index (χ2n) is 7.34. The highest BCUT2D eigenvalue weighted by Crippen LogP contribution is 2.33. The van der Waals surface area contributed by atoms with Crippen molar-refractivity contribution in [3.63, 3.8) is 0 Å². The first kappa shape index (κ1) is 19.1. The van der Waals surface area contributed by atoms with Gasteiger partial charge in [0.05, 0.1) is 13.2 Å². The second-order valence-corrected chi connectivity index (χ2v) is 7.34. The molecule has 0 radical (unpaired) electrons. The van der Waals surface area contributed by atoms with E-state index in [1.807, 2.05) is 24.3 Å². The predicted molar refractivity (Wildman–Crippen MR) is 102 cm³/mol. The summed E-state index contributed by atoms with van der Waals surface area (Å²) in [7, 11) is 0. The Bertz CT molecular complexity index is 418. The molecule has 0 saturated heterocycles. The predicted octanol–water partition coefficient (Wildman–Crippen LogP) is 6.63. The zero-order valence-corrected chi connectivity index (χ0v) is 15.8. The number of unbranched alkanes of at least 4 members (excludes halogenated alkanes) is 1. The summed E-state index contributed by atoms with van der Waals surface area (Å²) in [6, 6.07) is 8.08. The average molecular weight is 333 g/mol. The lowest BCUT2D eigenvalue weighted by Gasteiger charge is -2.28. The van der Waals surface area contributed by atoms with Crippen molar-refractivity contribution in [1.82, 2.24) is 0 Å². The summed E-state index contributed by atoms with van der Waals surface area (Å²) in [5.41, 5.74) is 0. The lowest BCUT2D eigenvalue weighted by atomic mass is 9.78. The Morgan fingerprint density at radius 3 is 1.71 bits per heavy atom. The van der Waals surface area contributed by atoms with Gasteiger partial charge in [-0.1, -0.05) is 58.8 Å². The van der Waals surface area contributed by atoms with Gasteiger partial charge in [-0.05, 0) is 55.4 Å². The lowest BCUT2D eigenvalue weighted by Crippen LogP contribution is -2.15.